The molecule has 4 aliphatic rings. The Morgan fingerprint density at radius 2 is 1.21 bits per heavy atom. The fourth-order valence-electron chi connectivity index (χ4n) is 10.2. The van der Waals surface area contributed by atoms with E-state index in [0.29, 0.717) is 11.3 Å². The normalized spacial score (nSPS) is 45.5. The summed E-state index contributed by atoms with van der Waals surface area (Å²) in [6.07, 6.45) is 1.24. The molecule has 28 heavy (non-hydrogen) atoms. The molecule has 6 atom stereocenters. The molecule has 0 bridgehead atoms. The summed E-state index contributed by atoms with van der Waals surface area (Å²) in [6, 6.07) is 32.4. The maximum absolute atomic E-state index is 2.63. The lowest BCUT2D eigenvalue weighted by Crippen LogP contribution is -2.67. The van der Waals surface area contributed by atoms with Gasteiger partial charge in [0.15, 0.2) is 0 Å². The third kappa shape index (κ3) is 0.957. The summed E-state index contributed by atoms with van der Waals surface area (Å²) >= 11 is 0. The van der Waals surface area contributed by atoms with Crippen LogP contribution in [0.3, 0.4) is 0 Å². The highest BCUT2D eigenvalue weighted by molar-refractivity contribution is 5.86. The topological polar surface area (TPSA) is 0 Å². The van der Waals surface area contributed by atoms with Crippen LogP contribution in [0.25, 0.3) is 0 Å². The zero-order valence-electron chi connectivity index (χ0n) is 16.9. The highest BCUT2D eigenvalue weighted by Gasteiger charge is 3.15. The first-order valence-electron chi connectivity index (χ1n) is 10.8. The van der Waals surface area contributed by atoms with Gasteiger partial charge >= 0.3 is 0 Å². The van der Waals surface area contributed by atoms with Gasteiger partial charge in [0.25, 0.3) is 0 Å². The lowest BCUT2D eigenvalue weighted by atomic mass is 9.38. The van der Waals surface area contributed by atoms with E-state index in [1.165, 1.54) is 6.42 Å². The van der Waals surface area contributed by atoms with Crippen molar-refractivity contribution in [3.63, 3.8) is 0 Å². The molecule has 3 saturated carbocycles. The van der Waals surface area contributed by atoms with Crippen LogP contribution in [0.15, 0.2) is 84.9 Å². The molecular weight excluding hydrogens is 336 g/mol. The molecule has 4 aliphatic carbocycles. The predicted octanol–water partition coefficient (Wildman–Crippen LogP) is 6.15. The standard InChI is InChI=1S/C28H26/c1-4-26-22-18-12-11-17-21(22)24(2)23(26)27(19-13-7-5-8-14-19)25(26,3)28(24,27)20-15-9-6-10-16-20/h5-18,23H,4H2,1-3H3. The summed E-state index contributed by atoms with van der Waals surface area (Å²) in [5.74, 6) is 0.711. The van der Waals surface area contributed by atoms with Gasteiger partial charge in [0.1, 0.15) is 0 Å². The molecule has 0 radical (unpaired) electrons. The lowest BCUT2D eigenvalue weighted by molar-refractivity contribution is -0.0401. The first kappa shape index (κ1) is 15.6. The smallest absolute Gasteiger partial charge is 0.0228 e. The van der Waals surface area contributed by atoms with Crippen LogP contribution in [0.1, 0.15) is 49.4 Å². The van der Waals surface area contributed by atoms with Gasteiger partial charge in [-0.3, -0.25) is 0 Å². The van der Waals surface area contributed by atoms with Crippen molar-refractivity contribution in [2.75, 3.05) is 0 Å². The summed E-state index contributed by atoms with van der Waals surface area (Å²) in [6.45, 7) is 7.67. The Kier molecular flexibility index (Phi) is 2.31. The average molecular weight is 363 g/mol. The summed E-state index contributed by atoms with van der Waals surface area (Å²) in [7, 11) is 0. The largest absolute Gasteiger partial charge is 0.0645 e. The molecule has 0 heteroatoms. The molecule has 0 nitrogen and oxygen atoms in total. The molecule has 3 fully saturated rings. The SMILES string of the molecule is CCC12c3ccccc3C3(C)C1C1(c4ccccc4)C2(C)C31c1ccccc1. The van der Waals surface area contributed by atoms with E-state index >= 15 is 0 Å². The summed E-state index contributed by atoms with van der Waals surface area (Å²) in [5.41, 5.74) is 7.74. The van der Waals surface area contributed by atoms with Crippen LogP contribution >= 0.6 is 0 Å². The molecule has 138 valence electrons. The average Bonchev–Trinajstić information content (AvgIpc) is 2.95. The minimum Gasteiger partial charge on any atom is -0.0645 e. The van der Waals surface area contributed by atoms with Gasteiger partial charge in [0, 0.05) is 21.7 Å². The number of fused-ring (bicyclic) bond motifs is 6. The van der Waals surface area contributed by atoms with Crippen LogP contribution in [-0.2, 0) is 21.7 Å². The van der Waals surface area contributed by atoms with Gasteiger partial charge in [0.05, 0.1) is 0 Å². The van der Waals surface area contributed by atoms with Crippen LogP contribution < -0.4 is 0 Å². The molecule has 0 spiro atoms. The van der Waals surface area contributed by atoms with E-state index in [9.17, 15) is 0 Å². The molecule has 0 heterocycles. The second-order valence-corrected chi connectivity index (χ2v) is 9.92. The maximum atomic E-state index is 2.63. The fraction of sp³-hybridized carbons (Fsp3) is 0.357. The second-order valence-electron chi connectivity index (χ2n) is 9.92. The Hall–Kier alpha value is -2.34. The molecule has 3 aromatic carbocycles. The van der Waals surface area contributed by atoms with Gasteiger partial charge < -0.3 is 0 Å². The van der Waals surface area contributed by atoms with E-state index in [0.717, 1.165) is 0 Å². The predicted molar refractivity (Wildman–Crippen MR) is 114 cm³/mol. The van der Waals surface area contributed by atoms with Crippen molar-refractivity contribution in [2.24, 2.45) is 11.3 Å². The molecular formula is C28H26. The van der Waals surface area contributed by atoms with Gasteiger partial charge in [-0.05, 0) is 40.0 Å². The molecule has 7 rings (SSSR count). The van der Waals surface area contributed by atoms with Crippen molar-refractivity contribution in [2.45, 2.75) is 48.9 Å². The van der Waals surface area contributed by atoms with Crippen molar-refractivity contribution >= 4 is 0 Å². The summed E-state index contributed by atoms with van der Waals surface area (Å²) in [4.78, 5) is 0. The number of benzene rings is 3. The Labute approximate surface area is 167 Å². The van der Waals surface area contributed by atoms with E-state index in [2.05, 4.69) is 106 Å². The van der Waals surface area contributed by atoms with E-state index in [1.807, 2.05) is 0 Å². The molecule has 0 aromatic heterocycles. The maximum Gasteiger partial charge on any atom is 0.0228 e. The first-order chi connectivity index (χ1) is 13.6. The molecule has 0 aliphatic heterocycles. The quantitative estimate of drug-likeness (QED) is 0.524. The van der Waals surface area contributed by atoms with Gasteiger partial charge in [-0.15, -0.1) is 0 Å². The van der Waals surface area contributed by atoms with Crippen LogP contribution in [-0.4, -0.2) is 0 Å². The number of rotatable bonds is 3. The highest BCUT2D eigenvalue weighted by Crippen LogP contribution is 3.12. The molecule has 3 aromatic rings. The first-order valence-corrected chi connectivity index (χ1v) is 10.8. The lowest BCUT2D eigenvalue weighted by Gasteiger charge is -2.64. The van der Waals surface area contributed by atoms with E-state index in [-0.39, 0.29) is 21.7 Å². The van der Waals surface area contributed by atoms with Crippen LogP contribution in [0.4, 0.5) is 0 Å². The van der Waals surface area contributed by atoms with Crippen molar-refractivity contribution in [3.8, 4) is 0 Å². The second kappa shape index (κ2) is 4.15. The van der Waals surface area contributed by atoms with Crippen LogP contribution in [0, 0.1) is 11.3 Å². The Bertz CT molecular complexity index is 1150. The number of hydrogen-bond donors (Lipinski definition) is 0. The van der Waals surface area contributed by atoms with E-state index in [1.54, 1.807) is 22.3 Å². The van der Waals surface area contributed by atoms with Gasteiger partial charge in [-0.2, -0.15) is 0 Å². The minimum atomic E-state index is 0.213. The van der Waals surface area contributed by atoms with Crippen LogP contribution in [0.2, 0.25) is 0 Å². The summed E-state index contributed by atoms with van der Waals surface area (Å²) in [5, 5.41) is 0. The molecule has 0 saturated heterocycles. The number of hydrogen-bond acceptors (Lipinski definition) is 0. The zero-order valence-corrected chi connectivity index (χ0v) is 16.9. The van der Waals surface area contributed by atoms with Crippen LogP contribution in [0.5, 0.6) is 0 Å². The monoisotopic (exact) mass is 362 g/mol. The Morgan fingerprint density at radius 3 is 1.82 bits per heavy atom. The van der Waals surface area contributed by atoms with Crippen molar-refractivity contribution < 1.29 is 0 Å². The molecule has 6 unspecified atom stereocenters. The van der Waals surface area contributed by atoms with Crippen molar-refractivity contribution in [3.05, 3.63) is 107 Å². The fourth-order valence-corrected chi connectivity index (χ4v) is 10.2. The third-order valence-corrected chi connectivity index (χ3v) is 10.2. The molecule has 0 N–H and O–H groups in total. The van der Waals surface area contributed by atoms with E-state index in [4.69, 9.17) is 0 Å². The Balaban J connectivity index is 1.63. The van der Waals surface area contributed by atoms with Gasteiger partial charge in [0.2, 0.25) is 0 Å². The summed E-state index contributed by atoms with van der Waals surface area (Å²) < 4.78 is 0. The van der Waals surface area contributed by atoms with Gasteiger partial charge in [-0.1, -0.05) is 106 Å². The van der Waals surface area contributed by atoms with Crippen molar-refractivity contribution in [1.82, 2.24) is 0 Å². The minimum absolute atomic E-state index is 0.213. The zero-order chi connectivity index (χ0) is 19.0. The molecule has 0 amide bonds. The highest BCUT2D eigenvalue weighted by atomic mass is 15.2. The van der Waals surface area contributed by atoms with Gasteiger partial charge in [-0.25, -0.2) is 0 Å². The van der Waals surface area contributed by atoms with E-state index < -0.39 is 0 Å². The Morgan fingerprint density at radius 1 is 0.679 bits per heavy atom. The van der Waals surface area contributed by atoms with Crippen molar-refractivity contribution in [1.29, 1.82) is 0 Å². The third-order valence-electron chi connectivity index (χ3n) is 10.2.